The zero-order chi connectivity index (χ0) is 9.80. The minimum atomic E-state index is 0.293. The molecule has 1 aliphatic heterocycles. The van der Waals surface area contributed by atoms with Crippen LogP contribution >= 0.6 is 0 Å². The normalized spacial score (nSPS) is 16.1. The number of nitrogens with zero attached hydrogens (tertiary/aromatic N) is 1. The topological polar surface area (TPSA) is 44.6 Å². The third kappa shape index (κ3) is 2.25. The molecule has 1 aliphatic rings. The summed E-state index contributed by atoms with van der Waals surface area (Å²) in [6.07, 6.45) is 3.44. The first-order valence-electron chi connectivity index (χ1n) is 4.94. The third-order valence-corrected chi connectivity index (χ3v) is 2.28. The first kappa shape index (κ1) is 9.06. The van der Waals surface area contributed by atoms with Crippen LogP contribution in [-0.4, -0.2) is 17.5 Å². The molecule has 14 heavy (non-hydrogen) atoms. The van der Waals surface area contributed by atoms with Crippen molar-refractivity contribution >= 4 is 11.5 Å². The number of aliphatic imine (C=N–C) groups is 1. The Morgan fingerprint density at radius 3 is 2.57 bits per heavy atom. The maximum atomic E-state index is 9.10. The monoisotopic (exact) mass is 190 g/mol. The fourth-order valence-electron chi connectivity index (χ4n) is 1.51. The van der Waals surface area contributed by atoms with E-state index in [2.05, 4.69) is 10.3 Å². The summed E-state index contributed by atoms with van der Waals surface area (Å²) in [5, 5.41) is 12.4. The van der Waals surface area contributed by atoms with Crippen LogP contribution in [0, 0.1) is 0 Å². The van der Waals surface area contributed by atoms with E-state index in [1.165, 1.54) is 12.8 Å². The van der Waals surface area contributed by atoms with E-state index in [1.54, 1.807) is 12.1 Å². The molecule has 0 fully saturated rings. The fourth-order valence-corrected chi connectivity index (χ4v) is 1.51. The van der Waals surface area contributed by atoms with Crippen LogP contribution in [0.1, 0.15) is 19.3 Å². The van der Waals surface area contributed by atoms with Gasteiger partial charge in [-0.25, -0.2) is 0 Å². The van der Waals surface area contributed by atoms with E-state index >= 15 is 0 Å². The highest BCUT2D eigenvalue weighted by atomic mass is 16.3. The van der Waals surface area contributed by atoms with Gasteiger partial charge in [0, 0.05) is 18.7 Å². The van der Waals surface area contributed by atoms with Gasteiger partial charge in [0.2, 0.25) is 0 Å². The Morgan fingerprint density at radius 2 is 1.93 bits per heavy atom. The summed E-state index contributed by atoms with van der Waals surface area (Å²) in [5.41, 5.74) is 0.989. The number of hydrogen-bond acceptors (Lipinski definition) is 3. The Hall–Kier alpha value is -1.51. The summed E-state index contributed by atoms with van der Waals surface area (Å²) < 4.78 is 0. The number of rotatable bonds is 1. The van der Waals surface area contributed by atoms with E-state index in [0.29, 0.717) is 5.75 Å². The second-order valence-corrected chi connectivity index (χ2v) is 3.46. The second-order valence-electron chi connectivity index (χ2n) is 3.46. The number of aromatic hydroxyl groups is 1. The molecule has 0 aliphatic carbocycles. The Kier molecular flexibility index (Phi) is 2.68. The minimum absolute atomic E-state index is 0.293. The van der Waals surface area contributed by atoms with Gasteiger partial charge in [-0.15, -0.1) is 0 Å². The maximum Gasteiger partial charge on any atom is 0.115 e. The van der Waals surface area contributed by atoms with Gasteiger partial charge in [-0.3, -0.25) is 4.99 Å². The Balaban J connectivity index is 2.03. The summed E-state index contributed by atoms with van der Waals surface area (Å²) in [6, 6.07) is 7.05. The quantitative estimate of drug-likeness (QED) is 0.668. The van der Waals surface area contributed by atoms with Gasteiger partial charge >= 0.3 is 0 Å². The molecule has 0 saturated heterocycles. The highest BCUT2D eigenvalue weighted by molar-refractivity contribution is 5.95. The molecule has 3 heteroatoms. The molecule has 0 radical (unpaired) electrons. The molecule has 0 saturated carbocycles. The lowest BCUT2D eigenvalue weighted by molar-refractivity contribution is 0.475. The van der Waals surface area contributed by atoms with Crippen LogP contribution in [0.25, 0.3) is 0 Å². The molecular weight excluding hydrogens is 176 g/mol. The first-order valence-corrected chi connectivity index (χ1v) is 4.94. The van der Waals surface area contributed by atoms with Crippen molar-refractivity contribution in [3.05, 3.63) is 24.3 Å². The van der Waals surface area contributed by atoms with Gasteiger partial charge in [0.1, 0.15) is 11.6 Å². The number of anilines is 1. The fraction of sp³-hybridized carbons (Fsp3) is 0.364. The van der Waals surface area contributed by atoms with Gasteiger partial charge < -0.3 is 10.4 Å². The predicted molar refractivity (Wildman–Crippen MR) is 57.9 cm³/mol. The molecule has 0 unspecified atom stereocenters. The van der Waals surface area contributed by atoms with Gasteiger partial charge in [-0.05, 0) is 37.1 Å². The van der Waals surface area contributed by atoms with Crippen molar-refractivity contribution < 1.29 is 5.11 Å². The number of nitrogens with one attached hydrogen (secondary N) is 1. The summed E-state index contributed by atoms with van der Waals surface area (Å²) in [6.45, 7) is 0.931. The maximum absolute atomic E-state index is 9.10. The SMILES string of the molecule is Oc1ccc(NC2=NCCCC2)cc1. The Labute approximate surface area is 83.5 Å². The van der Waals surface area contributed by atoms with Crippen LogP contribution in [0.15, 0.2) is 29.3 Å². The molecule has 74 valence electrons. The lowest BCUT2D eigenvalue weighted by Gasteiger charge is -2.13. The number of phenols is 1. The summed E-state index contributed by atoms with van der Waals surface area (Å²) >= 11 is 0. The van der Waals surface area contributed by atoms with Crippen molar-refractivity contribution in [2.75, 3.05) is 11.9 Å². The van der Waals surface area contributed by atoms with E-state index in [-0.39, 0.29) is 0 Å². The third-order valence-electron chi connectivity index (χ3n) is 2.28. The minimum Gasteiger partial charge on any atom is -0.508 e. The first-order chi connectivity index (χ1) is 6.84. The van der Waals surface area contributed by atoms with E-state index in [1.807, 2.05) is 12.1 Å². The molecule has 1 heterocycles. The van der Waals surface area contributed by atoms with Crippen LogP contribution in [0.5, 0.6) is 5.75 Å². The number of amidine groups is 1. The molecule has 2 N–H and O–H groups in total. The van der Waals surface area contributed by atoms with Crippen molar-refractivity contribution in [3.8, 4) is 5.75 Å². The molecule has 3 nitrogen and oxygen atoms in total. The summed E-state index contributed by atoms with van der Waals surface area (Å²) in [4.78, 5) is 4.39. The molecule has 0 spiro atoms. The van der Waals surface area contributed by atoms with Crippen molar-refractivity contribution in [3.63, 3.8) is 0 Å². The Morgan fingerprint density at radius 1 is 1.14 bits per heavy atom. The van der Waals surface area contributed by atoms with Crippen LogP contribution < -0.4 is 5.32 Å². The van der Waals surface area contributed by atoms with E-state index in [0.717, 1.165) is 24.5 Å². The van der Waals surface area contributed by atoms with E-state index < -0.39 is 0 Å². The standard InChI is InChI=1S/C11H14N2O/c14-10-6-4-9(5-7-10)13-11-3-1-2-8-12-11/h4-7,14H,1-3,8H2,(H,12,13). The smallest absolute Gasteiger partial charge is 0.115 e. The molecular formula is C11H14N2O. The molecule has 2 rings (SSSR count). The molecule has 0 amide bonds. The average molecular weight is 190 g/mol. The molecule has 0 aromatic heterocycles. The average Bonchev–Trinajstić information content (AvgIpc) is 2.23. The summed E-state index contributed by atoms with van der Waals surface area (Å²) in [5.74, 6) is 1.35. The van der Waals surface area contributed by atoms with Gasteiger partial charge in [0.25, 0.3) is 0 Å². The molecule has 0 atom stereocenters. The van der Waals surface area contributed by atoms with Crippen LogP contribution in [0.3, 0.4) is 0 Å². The molecule has 1 aromatic carbocycles. The highest BCUT2D eigenvalue weighted by Crippen LogP contribution is 2.15. The number of phenolic OH excluding ortho intramolecular Hbond substituents is 1. The van der Waals surface area contributed by atoms with E-state index in [9.17, 15) is 0 Å². The van der Waals surface area contributed by atoms with Crippen LogP contribution in [0.4, 0.5) is 5.69 Å². The van der Waals surface area contributed by atoms with Crippen LogP contribution in [0.2, 0.25) is 0 Å². The van der Waals surface area contributed by atoms with Gasteiger partial charge in [-0.1, -0.05) is 0 Å². The van der Waals surface area contributed by atoms with Crippen molar-refractivity contribution in [2.24, 2.45) is 4.99 Å². The zero-order valence-corrected chi connectivity index (χ0v) is 8.03. The zero-order valence-electron chi connectivity index (χ0n) is 8.03. The van der Waals surface area contributed by atoms with Crippen LogP contribution in [-0.2, 0) is 0 Å². The molecule has 0 bridgehead atoms. The Bertz CT molecular complexity index is 330. The lowest BCUT2D eigenvalue weighted by Crippen LogP contribution is -2.15. The van der Waals surface area contributed by atoms with Gasteiger partial charge in [0.05, 0.1) is 0 Å². The van der Waals surface area contributed by atoms with Crippen molar-refractivity contribution in [1.29, 1.82) is 0 Å². The van der Waals surface area contributed by atoms with Gasteiger partial charge in [0.15, 0.2) is 0 Å². The van der Waals surface area contributed by atoms with Gasteiger partial charge in [-0.2, -0.15) is 0 Å². The summed E-state index contributed by atoms with van der Waals surface area (Å²) in [7, 11) is 0. The van der Waals surface area contributed by atoms with E-state index in [4.69, 9.17) is 5.11 Å². The van der Waals surface area contributed by atoms with Crippen molar-refractivity contribution in [2.45, 2.75) is 19.3 Å². The number of benzene rings is 1. The number of hydrogen-bond donors (Lipinski definition) is 2. The highest BCUT2D eigenvalue weighted by Gasteiger charge is 2.04. The second kappa shape index (κ2) is 4.13. The lowest BCUT2D eigenvalue weighted by atomic mass is 10.2. The largest absolute Gasteiger partial charge is 0.508 e. The molecule has 1 aromatic rings. The predicted octanol–water partition coefficient (Wildman–Crippen LogP) is 2.39. The van der Waals surface area contributed by atoms with Crippen molar-refractivity contribution in [1.82, 2.24) is 0 Å².